The quantitative estimate of drug-likeness (QED) is 0.758. The summed E-state index contributed by atoms with van der Waals surface area (Å²) in [4.78, 5) is 25.4. The van der Waals surface area contributed by atoms with Crippen molar-refractivity contribution in [2.45, 2.75) is 39.0 Å². The highest BCUT2D eigenvalue weighted by Gasteiger charge is 2.17. The van der Waals surface area contributed by atoms with E-state index in [9.17, 15) is 9.59 Å². The fourth-order valence-electron chi connectivity index (χ4n) is 2.77. The van der Waals surface area contributed by atoms with Gasteiger partial charge in [-0.05, 0) is 50.3 Å². The van der Waals surface area contributed by atoms with Gasteiger partial charge in [0.1, 0.15) is 6.54 Å². The Morgan fingerprint density at radius 2 is 1.88 bits per heavy atom. The van der Waals surface area contributed by atoms with Gasteiger partial charge in [0.05, 0.1) is 0 Å². The summed E-state index contributed by atoms with van der Waals surface area (Å²) < 4.78 is 0. The maximum Gasteiger partial charge on any atom is 0.240 e. The molecule has 1 aliphatic carbocycles. The van der Waals surface area contributed by atoms with E-state index in [-0.39, 0.29) is 18.4 Å². The minimum atomic E-state index is -0.238. The lowest BCUT2D eigenvalue weighted by atomic mass is 9.97. The molecule has 1 N–H and O–H groups in total. The summed E-state index contributed by atoms with van der Waals surface area (Å²) in [6.07, 6.45) is 7.88. The van der Waals surface area contributed by atoms with Crippen molar-refractivity contribution in [3.05, 3.63) is 39.9 Å². The van der Waals surface area contributed by atoms with Crippen molar-refractivity contribution in [3.8, 4) is 0 Å². The van der Waals surface area contributed by atoms with Crippen molar-refractivity contribution in [1.29, 1.82) is 0 Å². The molecule has 4 nitrogen and oxygen atoms in total. The first-order valence-electron chi connectivity index (χ1n) is 8.14. The largest absolute Gasteiger partial charge is 0.354 e. The molecule has 0 unspecified atom stereocenters. The van der Waals surface area contributed by atoms with Crippen LogP contribution in [0.3, 0.4) is 0 Å². The number of halogens is 2. The molecule has 0 fully saturated rings. The number of rotatable bonds is 6. The lowest BCUT2D eigenvalue weighted by molar-refractivity contribution is -0.123. The SMILES string of the molecule is CC(=O)N(CC(=O)NCCC1=CCCCC1)c1cc(Cl)cc(Cl)c1. The predicted molar refractivity (Wildman–Crippen MR) is 98.7 cm³/mol. The molecule has 0 atom stereocenters. The summed E-state index contributed by atoms with van der Waals surface area (Å²) in [6, 6.07) is 4.83. The van der Waals surface area contributed by atoms with E-state index >= 15 is 0 Å². The van der Waals surface area contributed by atoms with Gasteiger partial charge in [-0.15, -0.1) is 0 Å². The summed E-state index contributed by atoms with van der Waals surface area (Å²) in [7, 11) is 0. The molecule has 0 aliphatic heterocycles. The van der Waals surface area contributed by atoms with Gasteiger partial charge in [0.25, 0.3) is 0 Å². The molecule has 0 heterocycles. The van der Waals surface area contributed by atoms with Crippen LogP contribution < -0.4 is 10.2 Å². The molecule has 2 amide bonds. The Morgan fingerprint density at radius 3 is 2.46 bits per heavy atom. The molecule has 0 saturated carbocycles. The highest BCUT2D eigenvalue weighted by molar-refractivity contribution is 6.35. The van der Waals surface area contributed by atoms with Crippen molar-refractivity contribution < 1.29 is 9.59 Å². The normalized spacial score (nSPS) is 14.0. The van der Waals surface area contributed by atoms with Crippen molar-refractivity contribution in [1.82, 2.24) is 5.32 Å². The fourth-order valence-corrected chi connectivity index (χ4v) is 3.29. The zero-order valence-corrected chi connectivity index (χ0v) is 15.3. The van der Waals surface area contributed by atoms with Crippen LogP contribution in [-0.2, 0) is 9.59 Å². The van der Waals surface area contributed by atoms with Crippen LogP contribution in [0.2, 0.25) is 10.0 Å². The zero-order valence-electron chi connectivity index (χ0n) is 13.8. The first-order valence-corrected chi connectivity index (χ1v) is 8.90. The summed E-state index contributed by atoms with van der Waals surface area (Å²) >= 11 is 12.0. The van der Waals surface area contributed by atoms with Gasteiger partial charge >= 0.3 is 0 Å². The molecule has 6 heteroatoms. The Labute approximate surface area is 152 Å². The van der Waals surface area contributed by atoms with E-state index < -0.39 is 0 Å². The molecule has 0 spiro atoms. The molecule has 0 aromatic heterocycles. The number of nitrogens with one attached hydrogen (secondary N) is 1. The Kier molecular flexibility index (Phi) is 7.13. The number of hydrogen-bond donors (Lipinski definition) is 1. The van der Waals surface area contributed by atoms with Crippen LogP contribution >= 0.6 is 23.2 Å². The highest BCUT2D eigenvalue weighted by Crippen LogP contribution is 2.25. The molecular formula is C18H22Cl2N2O2. The van der Waals surface area contributed by atoms with Crippen LogP contribution in [0.1, 0.15) is 39.0 Å². The number of amides is 2. The van der Waals surface area contributed by atoms with Gasteiger partial charge in [-0.1, -0.05) is 34.9 Å². The number of allylic oxidation sites excluding steroid dienone is 1. The maximum atomic E-state index is 12.2. The Bertz CT molecular complexity index is 624. The number of carbonyl (C=O) groups is 2. The Balaban J connectivity index is 1.91. The Hall–Kier alpha value is -1.52. The monoisotopic (exact) mass is 368 g/mol. The third kappa shape index (κ3) is 5.84. The fraction of sp³-hybridized carbons (Fsp3) is 0.444. The predicted octanol–water partition coefficient (Wildman–Crippen LogP) is 4.35. The number of nitrogens with zero attached hydrogens (tertiary/aromatic N) is 1. The smallest absolute Gasteiger partial charge is 0.240 e. The molecule has 24 heavy (non-hydrogen) atoms. The van der Waals surface area contributed by atoms with Crippen LogP contribution in [0.5, 0.6) is 0 Å². The average molecular weight is 369 g/mol. The minimum Gasteiger partial charge on any atom is -0.354 e. The first-order chi connectivity index (χ1) is 11.5. The van der Waals surface area contributed by atoms with Crippen molar-refractivity contribution >= 4 is 40.7 Å². The van der Waals surface area contributed by atoms with E-state index in [1.165, 1.54) is 30.2 Å². The van der Waals surface area contributed by atoms with Gasteiger partial charge in [0, 0.05) is 29.2 Å². The third-order valence-corrected chi connectivity index (χ3v) is 4.43. The molecule has 0 saturated heterocycles. The van der Waals surface area contributed by atoms with E-state index in [2.05, 4.69) is 11.4 Å². The topological polar surface area (TPSA) is 49.4 Å². The molecule has 2 rings (SSSR count). The van der Waals surface area contributed by atoms with E-state index in [0.717, 1.165) is 19.3 Å². The van der Waals surface area contributed by atoms with Crippen LogP contribution in [0, 0.1) is 0 Å². The maximum absolute atomic E-state index is 12.2. The third-order valence-electron chi connectivity index (χ3n) is 3.99. The number of anilines is 1. The number of carbonyl (C=O) groups excluding carboxylic acids is 2. The van der Waals surface area contributed by atoms with Gasteiger partial charge < -0.3 is 10.2 Å². The van der Waals surface area contributed by atoms with Crippen molar-refractivity contribution in [3.63, 3.8) is 0 Å². The van der Waals surface area contributed by atoms with Gasteiger partial charge in [-0.25, -0.2) is 0 Å². The van der Waals surface area contributed by atoms with E-state index in [1.807, 2.05) is 0 Å². The van der Waals surface area contributed by atoms with Crippen LogP contribution in [0.25, 0.3) is 0 Å². The molecule has 1 aliphatic rings. The van der Waals surface area contributed by atoms with Gasteiger partial charge in [0.2, 0.25) is 11.8 Å². The molecule has 1 aromatic carbocycles. The van der Waals surface area contributed by atoms with Gasteiger partial charge in [-0.2, -0.15) is 0 Å². The standard InChI is InChI=1S/C18H22Cl2N2O2/c1-13(23)22(17-10-15(19)9-16(20)11-17)12-18(24)21-8-7-14-5-3-2-4-6-14/h5,9-11H,2-4,6-8,12H2,1H3,(H,21,24). The second-order valence-electron chi connectivity index (χ2n) is 5.94. The summed E-state index contributed by atoms with van der Waals surface area (Å²) in [6.45, 7) is 1.95. The average Bonchev–Trinajstić information content (AvgIpc) is 2.52. The second-order valence-corrected chi connectivity index (χ2v) is 6.81. The highest BCUT2D eigenvalue weighted by atomic mass is 35.5. The van der Waals surface area contributed by atoms with Gasteiger partial charge in [-0.3, -0.25) is 9.59 Å². The zero-order chi connectivity index (χ0) is 17.5. The van der Waals surface area contributed by atoms with Crippen molar-refractivity contribution in [2.75, 3.05) is 18.0 Å². The first kappa shape index (κ1) is 18.8. The van der Waals surface area contributed by atoms with Crippen LogP contribution in [0.15, 0.2) is 29.8 Å². The summed E-state index contributed by atoms with van der Waals surface area (Å²) in [5.74, 6) is -0.434. The lowest BCUT2D eigenvalue weighted by Gasteiger charge is -2.21. The number of hydrogen-bond acceptors (Lipinski definition) is 2. The second kappa shape index (κ2) is 9.09. The van der Waals surface area contributed by atoms with Gasteiger partial charge in [0.15, 0.2) is 0 Å². The van der Waals surface area contributed by atoms with E-state index in [0.29, 0.717) is 22.3 Å². The molecular weight excluding hydrogens is 347 g/mol. The van der Waals surface area contributed by atoms with Crippen molar-refractivity contribution in [2.24, 2.45) is 0 Å². The summed E-state index contributed by atoms with van der Waals surface area (Å²) in [5.41, 5.74) is 1.93. The van der Waals surface area contributed by atoms with E-state index in [4.69, 9.17) is 23.2 Å². The van der Waals surface area contributed by atoms with Crippen LogP contribution in [-0.4, -0.2) is 24.9 Å². The van der Waals surface area contributed by atoms with E-state index in [1.54, 1.807) is 18.2 Å². The molecule has 0 bridgehead atoms. The number of benzene rings is 1. The molecule has 0 radical (unpaired) electrons. The molecule has 1 aromatic rings. The molecule has 130 valence electrons. The lowest BCUT2D eigenvalue weighted by Crippen LogP contribution is -2.40. The minimum absolute atomic E-state index is 0.0505. The Morgan fingerprint density at radius 1 is 1.17 bits per heavy atom. The van der Waals surface area contributed by atoms with Crippen LogP contribution in [0.4, 0.5) is 5.69 Å². The summed E-state index contributed by atoms with van der Waals surface area (Å²) in [5, 5.41) is 3.72.